The van der Waals surface area contributed by atoms with Crippen LogP contribution in [0.3, 0.4) is 0 Å². The first kappa shape index (κ1) is 15.6. The molecular formula is C15H23FN2O. The quantitative estimate of drug-likeness (QED) is 0.796. The molecule has 0 fully saturated rings. The number of para-hydroxylation sites is 1. The molecule has 0 saturated carbocycles. The van der Waals surface area contributed by atoms with Gasteiger partial charge in [0.25, 0.3) is 0 Å². The zero-order valence-electron chi connectivity index (χ0n) is 11.9. The minimum Gasteiger partial charge on any atom is -0.322 e. The number of carbonyl (C=O) groups is 1. The first-order valence-corrected chi connectivity index (χ1v) is 6.76. The van der Waals surface area contributed by atoms with Crippen LogP contribution in [-0.4, -0.2) is 18.5 Å². The first-order chi connectivity index (χ1) is 8.99. The largest absolute Gasteiger partial charge is 0.322 e. The number of hydrogen-bond acceptors (Lipinski definition) is 2. The van der Waals surface area contributed by atoms with E-state index in [4.69, 9.17) is 0 Å². The summed E-state index contributed by atoms with van der Waals surface area (Å²) in [7, 11) is 0. The molecule has 1 atom stereocenters. The van der Waals surface area contributed by atoms with Crippen LogP contribution in [0.4, 0.5) is 10.1 Å². The van der Waals surface area contributed by atoms with Gasteiger partial charge in [0, 0.05) is 6.04 Å². The summed E-state index contributed by atoms with van der Waals surface area (Å²) in [6, 6.07) is 6.45. The van der Waals surface area contributed by atoms with Gasteiger partial charge >= 0.3 is 0 Å². The van der Waals surface area contributed by atoms with Crippen LogP contribution < -0.4 is 10.6 Å². The lowest BCUT2D eigenvalue weighted by Crippen LogP contribution is -2.34. The molecule has 0 aliphatic rings. The van der Waals surface area contributed by atoms with Crippen molar-refractivity contribution in [3.05, 3.63) is 30.1 Å². The molecule has 2 N–H and O–H groups in total. The van der Waals surface area contributed by atoms with Gasteiger partial charge in [-0.15, -0.1) is 0 Å². The van der Waals surface area contributed by atoms with E-state index in [-0.39, 0.29) is 24.2 Å². The van der Waals surface area contributed by atoms with Crippen molar-refractivity contribution in [2.24, 2.45) is 5.92 Å². The Morgan fingerprint density at radius 3 is 2.53 bits per heavy atom. The summed E-state index contributed by atoms with van der Waals surface area (Å²) < 4.78 is 13.3. The van der Waals surface area contributed by atoms with Gasteiger partial charge in [0.05, 0.1) is 12.2 Å². The summed E-state index contributed by atoms with van der Waals surface area (Å²) in [5, 5.41) is 5.70. The molecule has 1 aromatic rings. The molecule has 106 valence electrons. The average Bonchev–Trinajstić information content (AvgIpc) is 2.36. The van der Waals surface area contributed by atoms with E-state index in [1.165, 1.54) is 6.07 Å². The Balaban J connectivity index is 2.30. The number of rotatable bonds is 7. The Bertz CT molecular complexity index is 407. The molecule has 0 spiro atoms. The maximum absolute atomic E-state index is 13.3. The lowest BCUT2D eigenvalue weighted by molar-refractivity contribution is -0.115. The van der Waals surface area contributed by atoms with Crippen molar-refractivity contribution in [2.75, 3.05) is 11.9 Å². The summed E-state index contributed by atoms with van der Waals surface area (Å²) in [6.07, 6.45) is 2.16. The monoisotopic (exact) mass is 266 g/mol. The lowest BCUT2D eigenvalue weighted by Gasteiger charge is -2.15. The van der Waals surface area contributed by atoms with Gasteiger partial charge in [0.1, 0.15) is 5.82 Å². The van der Waals surface area contributed by atoms with Crippen molar-refractivity contribution < 1.29 is 9.18 Å². The van der Waals surface area contributed by atoms with Crippen molar-refractivity contribution in [2.45, 2.75) is 39.7 Å². The van der Waals surface area contributed by atoms with Crippen LogP contribution in [-0.2, 0) is 4.79 Å². The maximum Gasteiger partial charge on any atom is 0.238 e. The van der Waals surface area contributed by atoms with Crippen LogP contribution in [0.1, 0.15) is 33.6 Å². The number of halogens is 1. The van der Waals surface area contributed by atoms with Gasteiger partial charge in [-0.2, -0.15) is 0 Å². The van der Waals surface area contributed by atoms with Crippen LogP contribution in [0.15, 0.2) is 24.3 Å². The third kappa shape index (κ3) is 6.34. The van der Waals surface area contributed by atoms with Gasteiger partial charge in [-0.3, -0.25) is 4.79 Å². The normalized spacial score (nSPS) is 12.5. The number of nitrogens with one attached hydrogen (secondary N) is 2. The van der Waals surface area contributed by atoms with E-state index in [1.54, 1.807) is 18.2 Å². The van der Waals surface area contributed by atoms with Gasteiger partial charge in [-0.25, -0.2) is 4.39 Å². The molecule has 1 unspecified atom stereocenters. The number of hydrogen-bond donors (Lipinski definition) is 2. The highest BCUT2D eigenvalue weighted by Crippen LogP contribution is 2.12. The van der Waals surface area contributed by atoms with Crippen LogP contribution in [0, 0.1) is 11.7 Å². The van der Waals surface area contributed by atoms with Crippen LogP contribution >= 0.6 is 0 Å². The molecule has 0 aliphatic heterocycles. The predicted octanol–water partition coefficient (Wildman–Crippen LogP) is 3.18. The average molecular weight is 266 g/mol. The number of benzene rings is 1. The molecule has 0 aromatic heterocycles. The third-order valence-electron chi connectivity index (χ3n) is 2.94. The molecule has 0 bridgehead atoms. The van der Waals surface area contributed by atoms with Crippen molar-refractivity contribution in [3.63, 3.8) is 0 Å². The SMILES string of the molecule is CC(C)CCC(C)NCC(=O)Nc1ccccc1F. The zero-order valence-corrected chi connectivity index (χ0v) is 11.9. The molecule has 0 saturated heterocycles. The van der Waals surface area contributed by atoms with Crippen LogP contribution in [0.2, 0.25) is 0 Å². The van der Waals surface area contributed by atoms with Crippen LogP contribution in [0.5, 0.6) is 0 Å². The molecule has 3 nitrogen and oxygen atoms in total. The summed E-state index contributed by atoms with van der Waals surface area (Å²) in [4.78, 5) is 11.7. The molecule has 19 heavy (non-hydrogen) atoms. The van der Waals surface area contributed by atoms with E-state index in [0.29, 0.717) is 5.92 Å². The van der Waals surface area contributed by atoms with Crippen LogP contribution in [0.25, 0.3) is 0 Å². The number of anilines is 1. The minimum absolute atomic E-state index is 0.202. The van der Waals surface area contributed by atoms with Gasteiger partial charge in [0.15, 0.2) is 0 Å². The van der Waals surface area contributed by atoms with Crippen molar-refractivity contribution in [1.29, 1.82) is 0 Å². The molecule has 1 rings (SSSR count). The molecular weight excluding hydrogens is 243 g/mol. The molecule has 4 heteroatoms. The third-order valence-corrected chi connectivity index (χ3v) is 2.94. The Labute approximate surface area is 114 Å². The summed E-state index contributed by atoms with van der Waals surface area (Å²) >= 11 is 0. The second-order valence-corrected chi connectivity index (χ2v) is 5.28. The topological polar surface area (TPSA) is 41.1 Å². The number of carbonyl (C=O) groups excluding carboxylic acids is 1. The Kier molecular flexibility index (Phi) is 6.50. The van der Waals surface area contributed by atoms with Gasteiger partial charge < -0.3 is 10.6 Å². The summed E-state index contributed by atoms with van der Waals surface area (Å²) in [5.41, 5.74) is 0.226. The Morgan fingerprint density at radius 1 is 1.21 bits per heavy atom. The van der Waals surface area contributed by atoms with E-state index in [1.807, 2.05) is 0 Å². The first-order valence-electron chi connectivity index (χ1n) is 6.76. The Hall–Kier alpha value is -1.42. The smallest absolute Gasteiger partial charge is 0.238 e. The molecule has 0 aliphatic carbocycles. The lowest BCUT2D eigenvalue weighted by atomic mass is 10.0. The molecule has 0 heterocycles. The van der Waals surface area contributed by atoms with Gasteiger partial charge in [-0.05, 0) is 37.8 Å². The van der Waals surface area contributed by atoms with E-state index in [2.05, 4.69) is 31.4 Å². The highest BCUT2D eigenvalue weighted by atomic mass is 19.1. The second kappa shape index (κ2) is 7.89. The van der Waals surface area contributed by atoms with E-state index in [0.717, 1.165) is 12.8 Å². The second-order valence-electron chi connectivity index (χ2n) is 5.28. The summed E-state index contributed by atoms with van der Waals surface area (Å²) in [5.74, 6) is 0.0293. The highest BCUT2D eigenvalue weighted by molar-refractivity contribution is 5.92. The molecule has 1 amide bonds. The van der Waals surface area contributed by atoms with E-state index >= 15 is 0 Å². The van der Waals surface area contributed by atoms with Gasteiger partial charge in [-0.1, -0.05) is 26.0 Å². The fourth-order valence-electron chi connectivity index (χ4n) is 1.71. The van der Waals surface area contributed by atoms with Crippen molar-refractivity contribution >= 4 is 11.6 Å². The molecule has 0 radical (unpaired) electrons. The van der Waals surface area contributed by atoms with E-state index in [9.17, 15) is 9.18 Å². The van der Waals surface area contributed by atoms with E-state index < -0.39 is 5.82 Å². The maximum atomic E-state index is 13.3. The zero-order chi connectivity index (χ0) is 14.3. The van der Waals surface area contributed by atoms with Crippen molar-refractivity contribution in [3.8, 4) is 0 Å². The Morgan fingerprint density at radius 2 is 1.89 bits per heavy atom. The summed E-state index contributed by atoms with van der Waals surface area (Å²) in [6.45, 7) is 6.61. The van der Waals surface area contributed by atoms with Gasteiger partial charge in [0.2, 0.25) is 5.91 Å². The standard InChI is InChI=1S/C15H23FN2O/c1-11(2)8-9-12(3)17-10-15(19)18-14-7-5-4-6-13(14)16/h4-7,11-12,17H,8-10H2,1-3H3,(H,18,19). The minimum atomic E-state index is -0.413. The fourth-order valence-corrected chi connectivity index (χ4v) is 1.71. The number of amides is 1. The van der Waals surface area contributed by atoms with Crippen molar-refractivity contribution in [1.82, 2.24) is 5.32 Å². The molecule has 1 aromatic carbocycles. The highest BCUT2D eigenvalue weighted by Gasteiger charge is 2.08. The predicted molar refractivity (Wildman–Crippen MR) is 76.6 cm³/mol. The fraction of sp³-hybridized carbons (Fsp3) is 0.533.